The van der Waals surface area contributed by atoms with Gasteiger partial charge in [-0.1, -0.05) is 44.9 Å². The predicted octanol–water partition coefficient (Wildman–Crippen LogP) is 4.82. The Balaban J connectivity index is 1.74. The first-order valence-electron chi connectivity index (χ1n) is 10.5. The van der Waals surface area contributed by atoms with Crippen molar-refractivity contribution in [3.8, 4) is 0 Å². The van der Waals surface area contributed by atoms with Crippen molar-refractivity contribution in [1.29, 1.82) is 0 Å². The van der Waals surface area contributed by atoms with Crippen molar-refractivity contribution in [2.24, 2.45) is 0 Å². The Morgan fingerprint density at radius 1 is 0.963 bits per heavy atom. The largest absolute Gasteiger partial charge is 0.366 e. The van der Waals surface area contributed by atoms with Crippen molar-refractivity contribution in [2.75, 3.05) is 18.0 Å². The average Bonchev–Trinajstić information content (AvgIpc) is 2.92. The number of anilines is 1. The van der Waals surface area contributed by atoms with E-state index in [9.17, 15) is 14.9 Å². The number of nitrogens with one attached hydrogen (secondary N) is 1. The fourth-order valence-corrected chi connectivity index (χ4v) is 4.26. The van der Waals surface area contributed by atoms with Gasteiger partial charge in [0.2, 0.25) is 0 Å². The monoisotopic (exact) mass is 373 g/mol. The predicted molar refractivity (Wildman–Crippen MR) is 107 cm³/mol. The van der Waals surface area contributed by atoms with Gasteiger partial charge in [0.25, 0.3) is 11.6 Å². The molecule has 0 radical (unpaired) electrons. The van der Waals surface area contributed by atoms with Crippen molar-refractivity contribution >= 4 is 17.3 Å². The molecule has 1 aromatic rings. The highest BCUT2D eigenvalue weighted by Crippen LogP contribution is 2.31. The minimum Gasteiger partial charge on any atom is -0.366 e. The molecule has 1 saturated carbocycles. The number of carbonyl (C=O) groups is 1. The maximum Gasteiger partial charge on any atom is 0.293 e. The molecule has 1 amide bonds. The number of rotatable bonds is 4. The SMILES string of the molecule is O=C(NC1CCCCCCC1)c1ccc(N2CCCCCC2)c([N+](=O)[O-])c1. The molecule has 27 heavy (non-hydrogen) atoms. The second kappa shape index (κ2) is 9.72. The van der Waals surface area contributed by atoms with Gasteiger partial charge < -0.3 is 10.2 Å². The van der Waals surface area contributed by atoms with Gasteiger partial charge in [0.1, 0.15) is 5.69 Å². The van der Waals surface area contributed by atoms with Gasteiger partial charge in [0.05, 0.1) is 4.92 Å². The van der Waals surface area contributed by atoms with Crippen LogP contribution in [-0.4, -0.2) is 30.0 Å². The normalized spacial score (nSPS) is 19.6. The lowest BCUT2D eigenvalue weighted by molar-refractivity contribution is -0.384. The number of carbonyl (C=O) groups excluding carboxylic acids is 1. The third kappa shape index (κ3) is 5.44. The minimum absolute atomic E-state index is 0.0437. The van der Waals surface area contributed by atoms with E-state index in [-0.39, 0.29) is 22.6 Å². The number of amides is 1. The van der Waals surface area contributed by atoms with Crippen LogP contribution in [0.2, 0.25) is 0 Å². The first kappa shape index (κ1) is 19.6. The first-order valence-corrected chi connectivity index (χ1v) is 10.5. The van der Waals surface area contributed by atoms with Gasteiger partial charge >= 0.3 is 0 Å². The molecule has 1 heterocycles. The van der Waals surface area contributed by atoms with Crippen LogP contribution in [0, 0.1) is 10.1 Å². The molecule has 1 saturated heterocycles. The van der Waals surface area contributed by atoms with E-state index in [1.54, 1.807) is 12.1 Å². The van der Waals surface area contributed by atoms with Crippen LogP contribution in [0.25, 0.3) is 0 Å². The van der Waals surface area contributed by atoms with E-state index in [4.69, 9.17) is 0 Å². The van der Waals surface area contributed by atoms with Gasteiger partial charge in [-0.2, -0.15) is 0 Å². The van der Waals surface area contributed by atoms with Crippen LogP contribution >= 0.6 is 0 Å². The summed E-state index contributed by atoms with van der Waals surface area (Å²) in [6.07, 6.45) is 12.5. The van der Waals surface area contributed by atoms with Gasteiger partial charge in [0, 0.05) is 30.8 Å². The molecular formula is C21H31N3O3. The summed E-state index contributed by atoms with van der Waals surface area (Å²) in [5.41, 5.74) is 1.08. The molecule has 1 aliphatic heterocycles. The third-order valence-corrected chi connectivity index (χ3v) is 5.82. The highest BCUT2D eigenvalue weighted by atomic mass is 16.6. The highest BCUT2D eigenvalue weighted by molar-refractivity contribution is 5.96. The smallest absolute Gasteiger partial charge is 0.293 e. The topological polar surface area (TPSA) is 75.5 Å². The van der Waals surface area contributed by atoms with E-state index in [2.05, 4.69) is 10.2 Å². The summed E-state index contributed by atoms with van der Waals surface area (Å²) in [5.74, 6) is -0.189. The highest BCUT2D eigenvalue weighted by Gasteiger charge is 2.23. The average molecular weight is 373 g/mol. The van der Waals surface area contributed by atoms with E-state index < -0.39 is 0 Å². The van der Waals surface area contributed by atoms with Crippen molar-refractivity contribution < 1.29 is 9.72 Å². The summed E-state index contributed by atoms with van der Waals surface area (Å²) >= 11 is 0. The Labute approximate surface area is 161 Å². The number of nitro groups is 1. The maximum atomic E-state index is 12.7. The van der Waals surface area contributed by atoms with E-state index in [0.717, 1.165) is 51.6 Å². The Hall–Kier alpha value is -2.11. The lowest BCUT2D eigenvalue weighted by Crippen LogP contribution is -2.35. The second-order valence-corrected chi connectivity index (χ2v) is 7.88. The van der Waals surface area contributed by atoms with Crippen LogP contribution in [-0.2, 0) is 0 Å². The van der Waals surface area contributed by atoms with Crippen LogP contribution in [0.1, 0.15) is 81.0 Å². The minimum atomic E-state index is -0.354. The number of hydrogen-bond acceptors (Lipinski definition) is 4. The van der Waals surface area contributed by atoms with Gasteiger partial charge in [-0.15, -0.1) is 0 Å². The number of nitrogens with zero attached hydrogens (tertiary/aromatic N) is 2. The molecule has 2 fully saturated rings. The van der Waals surface area contributed by atoms with E-state index in [0.29, 0.717) is 11.3 Å². The molecular weight excluding hydrogens is 342 g/mol. The lowest BCUT2D eigenvalue weighted by Gasteiger charge is -2.23. The lowest BCUT2D eigenvalue weighted by atomic mass is 9.96. The van der Waals surface area contributed by atoms with Crippen LogP contribution in [0.3, 0.4) is 0 Å². The third-order valence-electron chi connectivity index (χ3n) is 5.82. The number of hydrogen-bond donors (Lipinski definition) is 1. The number of benzene rings is 1. The molecule has 3 rings (SSSR count). The zero-order valence-electron chi connectivity index (χ0n) is 16.1. The van der Waals surface area contributed by atoms with Crippen LogP contribution < -0.4 is 10.2 Å². The quantitative estimate of drug-likeness (QED) is 0.606. The van der Waals surface area contributed by atoms with Crippen molar-refractivity contribution in [2.45, 2.75) is 76.7 Å². The zero-order valence-corrected chi connectivity index (χ0v) is 16.1. The summed E-state index contributed by atoms with van der Waals surface area (Å²) < 4.78 is 0. The van der Waals surface area contributed by atoms with Crippen molar-refractivity contribution in [3.05, 3.63) is 33.9 Å². The van der Waals surface area contributed by atoms with E-state index in [1.165, 1.54) is 38.2 Å². The Morgan fingerprint density at radius 2 is 1.56 bits per heavy atom. The van der Waals surface area contributed by atoms with Crippen molar-refractivity contribution in [3.63, 3.8) is 0 Å². The molecule has 1 N–H and O–H groups in total. The summed E-state index contributed by atoms with van der Waals surface area (Å²) in [6.45, 7) is 1.68. The molecule has 2 aliphatic rings. The second-order valence-electron chi connectivity index (χ2n) is 7.88. The summed E-state index contributed by atoms with van der Waals surface area (Å²) in [5, 5.41) is 14.7. The van der Waals surface area contributed by atoms with E-state index >= 15 is 0 Å². The summed E-state index contributed by atoms with van der Waals surface area (Å²) in [7, 11) is 0. The standard InChI is InChI=1S/C21H31N3O3/c25-21(22-18-10-6-2-1-3-7-11-18)17-12-13-19(20(16-17)24(26)27)23-14-8-4-5-9-15-23/h12-13,16,18H,1-11,14-15H2,(H,22,25). The fraction of sp³-hybridized carbons (Fsp3) is 0.667. The molecule has 6 nitrogen and oxygen atoms in total. The number of nitro benzene ring substituents is 1. The molecule has 0 bridgehead atoms. The molecule has 0 spiro atoms. The Morgan fingerprint density at radius 3 is 2.19 bits per heavy atom. The summed E-state index contributed by atoms with van der Waals surface area (Å²) in [4.78, 5) is 26.1. The summed E-state index contributed by atoms with van der Waals surface area (Å²) in [6, 6.07) is 5.14. The molecule has 0 unspecified atom stereocenters. The molecule has 0 aromatic heterocycles. The Bertz CT molecular complexity index is 646. The molecule has 6 heteroatoms. The van der Waals surface area contributed by atoms with Gasteiger partial charge in [-0.25, -0.2) is 0 Å². The van der Waals surface area contributed by atoms with Crippen LogP contribution in [0.5, 0.6) is 0 Å². The molecule has 148 valence electrons. The van der Waals surface area contributed by atoms with Crippen molar-refractivity contribution in [1.82, 2.24) is 5.32 Å². The Kier molecular flexibility index (Phi) is 7.07. The molecule has 0 atom stereocenters. The van der Waals surface area contributed by atoms with E-state index in [1.807, 2.05) is 0 Å². The van der Waals surface area contributed by atoms with Gasteiger partial charge in [0.15, 0.2) is 0 Å². The molecule has 1 aromatic carbocycles. The van der Waals surface area contributed by atoms with Gasteiger partial charge in [-0.05, 0) is 37.8 Å². The van der Waals surface area contributed by atoms with Crippen LogP contribution in [0.4, 0.5) is 11.4 Å². The van der Waals surface area contributed by atoms with Crippen LogP contribution in [0.15, 0.2) is 18.2 Å². The maximum absolute atomic E-state index is 12.7. The first-order chi connectivity index (χ1) is 13.1. The zero-order chi connectivity index (χ0) is 19.1. The molecule has 1 aliphatic carbocycles. The fourth-order valence-electron chi connectivity index (χ4n) is 4.26. The van der Waals surface area contributed by atoms with Gasteiger partial charge in [-0.3, -0.25) is 14.9 Å².